The molecule has 0 aliphatic carbocycles. The van der Waals surface area contributed by atoms with E-state index in [1.807, 2.05) is 29.9 Å². The molecule has 0 saturated heterocycles. The van der Waals surface area contributed by atoms with Crippen LogP contribution < -0.4 is 5.73 Å². The van der Waals surface area contributed by atoms with Gasteiger partial charge >= 0.3 is 0 Å². The number of aryl methyl sites for hydroxylation is 1. The maximum absolute atomic E-state index is 6.15. The number of aromatic nitrogens is 2. The summed E-state index contributed by atoms with van der Waals surface area (Å²) in [4.78, 5) is 0. The standard InChI is InChI=1S/C14H21N3O/c1-4-11(3)17-7-5-12(16-17)9-13(15)14-10(2)6-8-18-14/h5-8,11,13H,4,9,15H2,1-3H3. The van der Waals surface area contributed by atoms with Gasteiger partial charge in [-0.2, -0.15) is 5.10 Å². The quantitative estimate of drug-likeness (QED) is 0.883. The van der Waals surface area contributed by atoms with Crippen molar-refractivity contribution in [2.24, 2.45) is 5.73 Å². The molecule has 0 bridgehead atoms. The Kier molecular flexibility index (Phi) is 3.87. The van der Waals surface area contributed by atoms with E-state index in [0.717, 1.165) is 23.4 Å². The van der Waals surface area contributed by atoms with E-state index in [-0.39, 0.29) is 6.04 Å². The topological polar surface area (TPSA) is 57.0 Å². The van der Waals surface area contributed by atoms with Crippen LogP contribution in [0.15, 0.2) is 29.0 Å². The van der Waals surface area contributed by atoms with Crippen LogP contribution >= 0.6 is 0 Å². The van der Waals surface area contributed by atoms with Crippen molar-refractivity contribution in [1.29, 1.82) is 0 Å². The molecule has 18 heavy (non-hydrogen) atoms. The summed E-state index contributed by atoms with van der Waals surface area (Å²) < 4.78 is 7.41. The van der Waals surface area contributed by atoms with E-state index in [4.69, 9.17) is 10.2 Å². The zero-order valence-electron chi connectivity index (χ0n) is 11.3. The molecule has 0 radical (unpaired) electrons. The highest BCUT2D eigenvalue weighted by atomic mass is 16.3. The Morgan fingerprint density at radius 3 is 2.83 bits per heavy atom. The van der Waals surface area contributed by atoms with Crippen molar-refractivity contribution in [2.75, 3.05) is 0 Å². The second kappa shape index (κ2) is 5.40. The van der Waals surface area contributed by atoms with Gasteiger partial charge in [-0.15, -0.1) is 0 Å². The minimum atomic E-state index is -0.125. The molecule has 2 aromatic heterocycles. The number of nitrogens with two attached hydrogens (primary N) is 1. The molecule has 0 aliphatic rings. The highest BCUT2D eigenvalue weighted by Crippen LogP contribution is 2.20. The summed E-state index contributed by atoms with van der Waals surface area (Å²) in [7, 11) is 0. The molecule has 0 aliphatic heterocycles. The Morgan fingerprint density at radius 1 is 1.44 bits per heavy atom. The highest BCUT2D eigenvalue weighted by molar-refractivity contribution is 5.19. The number of hydrogen-bond acceptors (Lipinski definition) is 3. The first kappa shape index (κ1) is 12.9. The van der Waals surface area contributed by atoms with E-state index in [1.54, 1.807) is 6.26 Å². The van der Waals surface area contributed by atoms with Crippen LogP contribution in [0, 0.1) is 6.92 Å². The normalized spacial score (nSPS) is 14.7. The van der Waals surface area contributed by atoms with Crippen LogP contribution in [0.5, 0.6) is 0 Å². The number of hydrogen-bond donors (Lipinski definition) is 1. The molecular formula is C14H21N3O. The number of rotatable bonds is 5. The van der Waals surface area contributed by atoms with Gasteiger partial charge in [0.05, 0.1) is 18.0 Å². The lowest BCUT2D eigenvalue weighted by atomic mass is 10.1. The minimum absolute atomic E-state index is 0.125. The fourth-order valence-electron chi connectivity index (χ4n) is 2.00. The molecule has 2 rings (SSSR count). The summed E-state index contributed by atoms with van der Waals surface area (Å²) in [5.74, 6) is 0.855. The largest absolute Gasteiger partial charge is 0.467 e. The molecule has 4 heteroatoms. The van der Waals surface area contributed by atoms with E-state index in [1.165, 1.54) is 0 Å². The van der Waals surface area contributed by atoms with Crippen LogP contribution in [0.2, 0.25) is 0 Å². The average molecular weight is 247 g/mol. The highest BCUT2D eigenvalue weighted by Gasteiger charge is 2.15. The van der Waals surface area contributed by atoms with Crippen molar-refractivity contribution in [3.63, 3.8) is 0 Å². The maximum Gasteiger partial charge on any atom is 0.123 e. The predicted molar refractivity (Wildman–Crippen MR) is 71.3 cm³/mol. The summed E-state index contributed by atoms with van der Waals surface area (Å²) in [6.07, 6.45) is 5.48. The molecule has 2 heterocycles. The SMILES string of the molecule is CCC(C)n1ccc(CC(N)c2occc2C)n1. The lowest BCUT2D eigenvalue weighted by Crippen LogP contribution is -2.14. The Morgan fingerprint density at radius 2 is 2.22 bits per heavy atom. The zero-order chi connectivity index (χ0) is 13.1. The zero-order valence-corrected chi connectivity index (χ0v) is 11.3. The van der Waals surface area contributed by atoms with Gasteiger partial charge in [0.15, 0.2) is 0 Å². The van der Waals surface area contributed by atoms with Crippen LogP contribution in [0.25, 0.3) is 0 Å². The van der Waals surface area contributed by atoms with Crippen LogP contribution in [0.4, 0.5) is 0 Å². The lowest BCUT2D eigenvalue weighted by Gasteiger charge is -2.10. The van der Waals surface area contributed by atoms with Crippen LogP contribution in [0.3, 0.4) is 0 Å². The van der Waals surface area contributed by atoms with Crippen LogP contribution in [-0.2, 0) is 6.42 Å². The first-order chi connectivity index (χ1) is 8.61. The van der Waals surface area contributed by atoms with Crippen LogP contribution in [0.1, 0.15) is 49.4 Å². The van der Waals surface area contributed by atoms with E-state index in [0.29, 0.717) is 12.5 Å². The molecule has 0 saturated carbocycles. The van der Waals surface area contributed by atoms with Gasteiger partial charge in [0.25, 0.3) is 0 Å². The lowest BCUT2D eigenvalue weighted by molar-refractivity contribution is 0.450. The summed E-state index contributed by atoms with van der Waals surface area (Å²) in [6, 6.07) is 4.28. The minimum Gasteiger partial charge on any atom is -0.467 e. The van der Waals surface area contributed by atoms with E-state index in [2.05, 4.69) is 18.9 Å². The summed E-state index contributed by atoms with van der Waals surface area (Å²) in [5, 5.41) is 4.56. The molecular weight excluding hydrogens is 226 g/mol. The molecule has 0 spiro atoms. The van der Waals surface area contributed by atoms with Crippen molar-refractivity contribution < 1.29 is 4.42 Å². The van der Waals surface area contributed by atoms with Crippen molar-refractivity contribution in [3.8, 4) is 0 Å². The van der Waals surface area contributed by atoms with Crippen molar-refractivity contribution in [3.05, 3.63) is 41.6 Å². The van der Waals surface area contributed by atoms with Crippen molar-refractivity contribution in [1.82, 2.24) is 9.78 Å². The van der Waals surface area contributed by atoms with Crippen molar-refractivity contribution >= 4 is 0 Å². The third kappa shape index (κ3) is 2.64. The van der Waals surface area contributed by atoms with Crippen molar-refractivity contribution in [2.45, 2.75) is 45.7 Å². The molecule has 0 amide bonds. The number of furan rings is 1. The summed E-state index contributed by atoms with van der Waals surface area (Å²) >= 11 is 0. The average Bonchev–Trinajstić information content (AvgIpc) is 2.97. The van der Waals surface area contributed by atoms with E-state index in [9.17, 15) is 0 Å². The monoisotopic (exact) mass is 247 g/mol. The third-order valence-corrected chi connectivity index (χ3v) is 3.37. The molecule has 2 unspecified atom stereocenters. The van der Waals surface area contributed by atoms with Gasteiger partial charge in [0.2, 0.25) is 0 Å². The maximum atomic E-state index is 6.15. The fourth-order valence-corrected chi connectivity index (χ4v) is 2.00. The Balaban J connectivity index is 2.06. The molecule has 0 fully saturated rings. The second-order valence-electron chi connectivity index (χ2n) is 4.82. The Hall–Kier alpha value is -1.55. The van der Waals surface area contributed by atoms with Gasteiger partial charge in [-0.3, -0.25) is 4.68 Å². The molecule has 2 aromatic rings. The molecule has 2 N–H and O–H groups in total. The van der Waals surface area contributed by atoms with Gasteiger partial charge in [-0.25, -0.2) is 0 Å². The van der Waals surface area contributed by atoms with Gasteiger partial charge in [-0.05, 0) is 38.0 Å². The first-order valence-electron chi connectivity index (χ1n) is 6.45. The summed E-state index contributed by atoms with van der Waals surface area (Å²) in [5.41, 5.74) is 8.26. The van der Waals surface area contributed by atoms with Gasteiger partial charge in [0.1, 0.15) is 5.76 Å². The third-order valence-electron chi connectivity index (χ3n) is 3.37. The molecule has 98 valence electrons. The van der Waals surface area contributed by atoms with Gasteiger partial charge < -0.3 is 10.2 Å². The van der Waals surface area contributed by atoms with Gasteiger partial charge in [0, 0.05) is 18.7 Å². The second-order valence-corrected chi connectivity index (χ2v) is 4.82. The smallest absolute Gasteiger partial charge is 0.123 e. The molecule has 2 atom stereocenters. The summed E-state index contributed by atoms with van der Waals surface area (Å²) in [6.45, 7) is 6.33. The Labute approximate surface area is 108 Å². The predicted octanol–water partition coefficient (Wildman–Crippen LogP) is 3.00. The molecule has 4 nitrogen and oxygen atoms in total. The van der Waals surface area contributed by atoms with E-state index < -0.39 is 0 Å². The molecule has 0 aromatic carbocycles. The number of nitrogens with zero attached hydrogens (tertiary/aromatic N) is 2. The van der Waals surface area contributed by atoms with Crippen LogP contribution in [-0.4, -0.2) is 9.78 Å². The van der Waals surface area contributed by atoms with Gasteiger partial charge in [-0.1, -0.05) is 6.92 Å². The Bertz CT molecular complexity index is 501. The fraction of sp³-hybridized carbons (Fsp3) is 0.500. The van der Waals surface area contributed by atoms with E-state index >= 15 is 0 Å². The first-order valence-corrected chi connectivity index (χ1v) is 6.45.